The van der Waals surface area contributed by atoms with Crippen molar-refractivity contribution in [3.05, 3.63) is 23.1 Å². The van der Waals surface area contributed by atoms with E-state index in [9.17, 15) is 14.7 Å². The number of carboxylic acids is 1. The molecule has 1 N–H and O–H groups in total. The van der Waals surface area contributed by atoms with Crippen LogP contribution in [0.2, 0.25) is 0 Å². The van der Waals surface area contributed by atoms with Crippen LogP contribution in [0.25, 0.3) is 0 Å². The van der Waals surface area contributed by atoms with E-state index in [2.05, 4.69) is 0 Å². The minimum atomic E-state index is -1.04. The van der Waals surface area contributed by atoms with Crippen molar-refractivity contribution in [2.75, 3.05) is 6.61 Å². The van der Waals surface area contributed by atoms with E-state index >= 15 is 0 Å². The molecule has 120 valence electrons. The number of carbonyl (C=O) groups is 2. The highest BCUT2D eigenvalue weighted by molar-refractivity contribution is 8.26. The van der Waals surface area contributed by atoms with Crippen molar-refractivity contribution < 1.29 is 19.4 Å². The fourth-order valence-electron chi connectivity index (χ4n) is 2.45. The van der Waals surface area contributed by atoms with Gasteiger partial charge >= 0.3 is 5.97 Å². The minimum Gasteiger partial charge on any atom is -0.480 e. The zero-order valence-corrected chi connectivity index (χ0v) is 14.2. The largest absolute Gasteiger partial charge is 0.480 e. The molecule has 2 atom stereocenters. The summed E-state index contributed by atoms with van der Waals surface area (Å²) in [5.41, 5.74) is 0. The third-order valence-corrected chi connectivity index (χ3v) is 4.87. The van der Waals surface area contributed by atoms with Gasteiger partial charge in [-0.2, -0.15) is 0 Å². The maximum Gasteiger partial charge on any atom is 0.327 e. The Kier molecular flexibility index (Phi) is 5.77. The summed E-state index contributed by atoms with van der Waals surface area (Å²) in [6, 6.07) is -0.930. The SMILES string of the molecule is CC(C)C(C(=O)O)N1C(=O)C(=CC=CC2CCCO2)SC1=S. The molecule has 0 aromatic rings. The van der Waals surface area contributed by atoms with Gasteiger partial charge in [0.15, 0.2) is 0 Å². The lowest BCUT2D eigenvalue weighted by atomic mass is 10.0. The van der Waals surface area contributed by atoms with Crippen LogP contribution in [-0.4, -0.2) is 45.0 Å². The van der Waals surface area contributed by atoms with E-state index in [-0.39, 0.29) is 17.9 Å². The molecule has 0 spiro atoms. The van der Waals surface area contributed by atoms with Gasteiger partial charge in [-0.15, -0.1) is 0 Å². The maximum absolute atomic E-state index is 12.4. The Morgan fingerprint density at radius 2 is 2.27 bits per heavy atom. The van der Waals surface area contributed by atoms with E-state index in [1.165, 1.54) is 4.90 Å². The van der Waals surface area contributed by atoms with Crippen molar-refractivity contribution in [3.63, 3.8) is 0 Å². The first-order valence-corrected chi connectivity index (χ1v) is 8.42. The average Bonchev–Trinajstić information content (AvgIpc) is 3.02. The Labute approximate surface area is 139 Å². The Morgan fingerprint density at radius 3 is 2.82 bits per heavy atom. The Morgan fingerprint density at radius 1 is 1.55 bits per heavy atom. The number of ether oxygens (including phenoxy) is 1. The number of hydrogen-bond donors (Lipinski definition) is 1. The molecule has 2 unspecified atom stereocenters. The second-order valence-electron chi connectivity index (χ2n) is 5.54. The highest BCUT2D eigenvalue weighted by atomic mass is 32.2. The molecule has 2 aliphatic rings. The summed E-state index contributed by atoms with van der Waals surface area (Å²) in [5.74, 6) is -1.60. The molecule has 2 saturated heterocycles. The quantitative estimate of drug-likeness (QED) is 0.612. The molecule has 0 aliphatic carbocycles. The summed E-state index contributed by atoms with van der Waals surface area (Å²) in [6.07, 6.45) is 7.51. The average molecular weight is 341 g/mol. The Bertz CT molecular complexity index is 536. The van der Waals surface area contributed by atoms with E-state index in [1.807, 2.05) is 6.08 Å². The number of thiocarbonyl (C=S) groups is 1. The van der Waals surface area contributed by atoms with Crippen LogP contribution in [0, 0.1) is 5.92 Å². The molecule has 0 radical (unpaired) electrons. The number of nitrogens with zero attached hydrogens (tertiary/aromatic N) is 1. The number of amides is 1. The number of carboxylic acid groups (broad SMARTS) is 1. The predicted octanol–water partition coefficient (Wildman–Crippen LogP) is 2.58. The van der Waals surface area contributed by atoms with Gasteiger partial charge in [-0.3, -0.25) is 9.69 Å². The number of thioether (sulfide) groups is 1. The van der Waals surface area contributed by atoms with E-state index in [1.54, 1.807) is 26.0 Å². The fourth-order valence-corrected chi connectivity index (χ4v) is 3.73. The van der Waals surface area contributed by atoms with Gasteiger partial charge in [-0.1, -0.05) is 50.0 Å². The zero-order chi connectivity index (χ0) is 16.3. The van der Waals surface area contributed by atoms with Crippen LogP contribution in [0.3, 0.4) is 0 Å². The van der Waals surface area contributed by atoms with Gasteiger partial charge in [0.1, 0.15) is 10.4 Å². The van der Waals surface area contributed by atoms with Crippen molar-refractivity contribution in [1.82, 2.24) is 4.90 Å². The second-order valence-corrected chi connectivity index (χ2v) is 7.21. The lowest BCUT2D eigenvalue weighted by Crippen LogP contribution is -2.47. The molecule has 0 saturated carbocycles. The van der Waals surface area contributed by atoms with Gasteiger partial charge in [-0.05, 0) is 24.8 Å². The Balaban J connectivity index is 2.12. The summed E-state index contributed by atoms with van der Waals surface area (Å²) in [4.78, 5) is 25.5. The molecule has 0 bridgehead atoms. The lowest BCUT2D eigenvalue weighted by molar-refractivity contribution is -0.146. The molecule has 0 aromatic heterocycles. The van der Waals surface area contributed by atoms with E-state index in [4.69, 9.17) is 17.0 Å². The van der Waals surface area contributed by atoms with Crippen LogP contribution in [0.1, 0.15) is 26.7 Å². The van der Waals surface area contributed by atoms with Crippen molar-refractivity contribution in [2.24, 2.45) is 5.92 Å². The van der Waals surface area contributed by atoms with Gasteiger partial charge in [0, 0.05) is 6.61 Å². The third kappa shape index (κ3) is 3.77. The maximum atomic E-state index is 12.4. The third-order valence-electron chi connectivity index (χ3n) is 3.52. The summed E-state index contributed by atoms with van der Waals surface area (Å²) in [6.45, 7) is 4.29. The first-order valence-electron chi connectivity index (χ1n) is 7.20. The highest BCUT2D eigenvalue weighted by Gasteiger charge is 2.41. The second kappa shape index (κ2) is 7.39. The van der Waals surface area contributed by atoms with Crippen molar-refractivity contribution in [2.45, 2.75) is 38.8 Å². The summed E-state index contributed by atoms with van der Waals surface area (Å²) in [7, 11) is 0. The first-order chi connectivity index (χ1) is 10.4. The van der Waals surface area contributed by atoms with Crippen molar-refractivity contribution in [1.29, 1.82) is 0 Å². The minimum absolute atomic E-state index is 0.101. The van der Waals surface area contributed by atoms with Gasteiger partial charge < -0.3 is 9.84 Å². The molecule has 0 aromatic carbocycles. The van der Waals surface area contributed by atoms with Crippen LogP contribution >= 0.6 is 24.0 Å². The van der Waals surface area contributed by atoms with Crippen LogP contribution in [0.15, 0.2) is 23.1 Å². The standard InChI is InChI=1S/C15H19NO4S2/c1-9(2)12(14(18)19)16-13(17)11(22-15(16)21)7-3-5-10-6-4-8-20-10/h3,5,7,9-10,12H,4,6,8H2,1-2H3,(H,18,19). The normalized spacial score (nSPS) is 25.9. The number of carbonyl (C=O) groups excluding carboxylic acids is 1. The van der Waals surface area contributed by atoms with Crippen LogP contribution in [0.4, 0.5) is 0 Å². The molecule has 7 heteroatoms. The lowest BCUT2D eigenvalue weighted by Gasteiger charge is -2.26. The summed E-state index contributed by atoms with van der Waals surface area (Å²) in [5, 5.41) is 9.33. The van der Waals surface area contributed by atoms with E-state index < -0.39 is 12.0 Å². The van der Waals surface area contributed by atoms with Crippen molar-refractivity contribution in [3.8, 4) is 0 Å². The molecule has 2 fully saturated rings. The van der Waals surface area contributed by atoms with Gasteiger partial charge in [0.2, 0.25) is 0 Å². The van der Waals surface area contributed by atoms with Crippen molar-refractivity contribution >= 4 is 40.2 Å². The fraction of sp³-hybridized carbons (Fsp3) is 0.533. The smallest absolute Gasteiger partial charge is 0.327 e. The molecule has 5 nitrogen and oxygen atoms in total. The summed E-state index contributed by atoms with van der Waals surface area (Å²) < 4.78 is 5.76. The molecule has 2 aliphatic heterocycles. The molecule has 1 amide bonds. The summed E-state index contributed by atoms with van der Waals surface area (Å²) >= 11 is 6.32. The van der Waals surface area contributed by atoms with Crippen LogP contribution in [-0.2, 0) is 14.3 Å². The molecule has 2 heterocycles. The van der Waals surface area contributed by atoms with Crippen LogP contribution < -0.4 is 0 Å². The molecule has 22 heavy (non-hydrogen) atoms. The number of allylic oxidation sites excluding steroid dienone is 2. The number of hydrogen-bond acceptors (Lipinski definition) is 5. The van der Waals surface area contributed by atoms with E-state index in [0.29, 0.717) is 9.23 Å². The van der Waals surface area contributed by atoms with Crippen LogP contribution in [0.5, 0.6) is 0 Å². The number of aliphatic carboxylic acids is 1. The molecular weight excluding hydrogens is 322 g/mol. The topological polar surface area (TPSA) is 66.8 Å². The van der Waals surface area contributed by atoms with Gasteiger partial charge in [0.05, 0.1) is 11.0 Å². The highest BCUT2D eigenvalue weighted by Crippen LogP contribution is 2.34. The van der Waals surface area contributed by atoms with Gasteiger partial charge in [-0.25, -0.2) is 4.79 Å². The molecular formula is C15H19NO4S2. The van der Waals surface area contributed by atoms with Gasteiger partial charge in [0.25, 0.3) is 5.91 Å². The molecule has 2 rings (SSSR count). The number of rotatable bonds is 5. The Hall–Kier alpha value is -1.18. The predicted molar refractivity (Wildman–Crippen MR) is 89.5 cm³/mol. The first kappa shape index (κ1) is 17.2. The zero-order valence-electron chi connectivity index (χ0n) is 12.5. The monoisotopic (exact) mass is 341 g/mol. The van der Waals surface area contributed by atoms with E-state index in [0.717, 1.165) is 31.2 Å².